The van der Waals surface area contributed by atoms with Gasteiger partial charge in [0.1, 0.15) is 5.82 Å². The second kappa shape index (κ2) is 9.30. The van der Waals surface area contributed by atoms with Crippen LogP contribution >= 0.6 is 0 Å². The fourth-order valence-electron chi connectivity index (χ4n) is 2.43. The first-order valence-electron chi connectivity index (χ1n) is 8.16. The van der Waals surface area contributed by atoms with Crippen LogP contribution in [0.15, 0.2) is 42.7 Å². The predicted molar refractivity (Wildman–Crippen MR) is 93.4 cm³/mol. The van der Waals surface area contributed by atoms with E-state index in [1.54, 1.807) is 30.6 Å². The summed E-state index contributed by atoms with van der Waals surface area (Å²) in [6.07, 6.45) is 4.46. The van der Waals surface area contributed by atoms with Crippen LogP contribution in [-0.4, -0.2) is 53.7 Å². The van der Waals surface area contributed by atoms with Gasteiger partial charge in [0.25, 0.3) is 0 Å². The minimum absolute atomic E-state index is 0.280. The van der Waals surface area contributed by atoms with Crippen molar-refractivity contribution in [2.24, 2.45) is 0 Å². The van der Waals surface area contributed by atoms with Crippen molar-refractivity contribution in [2.45, 2.75) is 18.9 Å². The molecule has 0 saturated heterocycles. The van der Waals surface area contributed by atoms with Gasteiger partial charge in [0, 0.05) is 32.5 Å². The van der Waals surface area contributed by atoms with Gasteiger partial charge in [0.05, 0.1) is 6.10 Å². The number of aliphatic hydroxyl groups is 1. The molecule has 2 aromatic rings. The number of likely N-dealkylation sites (N-methyl/N-ethyl adjacent to an activating group) is 2. The van der Waals surface area contributed by atoms with Crippen molar-refractivity contribution in [2.75, 3.05) is 38.6 Å². The number of benzene rings is 1. The third-order valence-corrected chi connectivity index (χ3v) is 3.98. The lowest BCUT2D eigenvalue weighted by atomic mass is 10.0. The Hall–Kier alpha value is -2.05. The Morgan fingerprint density at radius 2 is 1.71 bits per heavy atom. The zero-order chi connectivity index (χ0) is 17.4. The summed E-state index contributed by atoms with van der Waals surface area (Å²) < 4.78 is 12.9. The summed E-state index contributed by atoms with van der Waals surface area (Å²) in [6, 6.07) is 7.84. The summed E-state index contributed by atoms with van der Waals surface area (Å²) in [5, 5.41) is 10.1. The van der Waals surface area contributed by atoms with Gasteiger partial charge in [0.15, 0.2) is 0 Å². The van der Waals surface area contributed by atoms with Gasteiger partial charge in [-0.15, -0.1) is 0 Å². The van der Waals surface area contributed by atoms with Crippen molar-refractivity contribution in [3.05, 3.63) is 54.1 Å². The third-order valence-electron chi connectivity index (χ3n) is 3.98. The molecule has 1 aromatic carbocycles. The number of halogens is 1. The van der Waals surface area contributed by atoms with Crippen LogP contribution in [0.1, 0.15) is 24.5 Å². The Bertz CT molecular complexity index is 594. The first-order chi connectivity index (χ1) is 11.6. The number of hydrogen-bond donors (Lipinski definition) is 1. The number of rotatable bonds is 9. The minimum atomic E-state index is -0.542. The summed E-state index contributed by atoms with van der Waals surface area (Å²) >= 11 is 0. The number of nitrogens with zero attached hydrogens (tertiary/aromatic N) is 4. The molecule has 0 aliphatic carbocycles. The average molecular weight is 332 g/mol. The molecule has 0 fully saturated rings. The molecule has 0 bridgehead atoms. The standard InChI is InChI=1S/C18H25FN4O/c1-22(13-14-23(2)18-20-10-4-11-21-18)12-3-5-17(24)15-6-8-16(19)9-7-15/h4,6-11,17,24H,3,5,12-14H2,1-2H3. The summed E-state index contributed by atoms with van der Waals surface area (Å²) in [4.78, 5) is 12.7. The Morgan fingerprint density at radius 3 is 2.38 bits per heavy atom. The normalized spacial score (nSPS) is 12.4. The molecule has 1 heterocycles. The molecule has 0 aliphatic heterocycles. The fraction of sp³-hybridized carbons (Fsp3) is 0.444. The molecule has 0 spiro atoms. The summed E-state index contributed by atoms with van der Waals surface area (Å²) in [5.74, 6) is 0.440. The molecule has 1 N–H and O–H groups in total. The van der Waals surface area contributed by atoms with Crippen LogP contribution in [0.5, 0.6) is 0 Å². The van der Waals surface area contributed by atoms with Crippen LogP contribution in [0.4, 0.5) is 10.3 Å². The number of aliphatic hydroxyl groups excluding tert-OH is 1. The SMILES string of the molecule is CN(CCCC(O)c1ccc(F)cc1)CCN(C)c1ncccn1. The average Bonchev–Trinajstić information content (AvgIpc) is 2.61. The van der Waals surface area contributed by atoms with E-state index in [1.807, 2.05) is 11.9 Å². The first kappa shape index (κ1) is 18.3. The van der Waals surface area contributed by atoms with E-state index in [1.165, 1.54) is 12.1 Å². The molecular weight excluding hydrogens is 307 g/mol. The Labute approximate surface area is 142 Å². The lowest BCUT2D eigenvalue weighted by molar-refractivity contribution is 0.158. The molecule has 5 nitrogen and oxygen atoms in total. The molecule has 0 amide bonds. The van der Waals surface area contributed by atoms with Gasteiger partial charge in [-0.25, -0.2) is 14.4 Å². The van der Waals surface area contributed by atoms with E-state index in [9.17, 15) is 9.50 Å². The second-order valence-corrected chi connectivity index (χ2v) is 5.98. The highest BCUT2D eigenvalue weighted by Gasteiger charge is 2.09. The van der Waals surface area contributed by atoms with E-state index in [2.05, 4.69) is 21.9 Å². The van der Waals surface area contributed by atoms with E-state index in [0.29, 0.717) is 6.42 Å². The van der Waals surface area contributed by atoms with Crippen molar-refractivity contribution >= 4 is 5.95 Å². The van der Waals surface area contributed by atoms with E-state index < -0.39 is 6.10 Å². The van der Waals surface area contributed by atoms with Crippen LogP contribution in [0.2, 0.25) is 0 Å². The predicted octanol–water partition coefficient (Wildman–Crippen LogP) is 2.50. The van der Waals surface area contributed by atoms with Crippen molar-refractivity contribution in [3.63, 3.8) is 0 Å². The van der Waals surface area contributed by atoms with Gasteiger partial charge in [-0.1, -0.05) is 12.1 Å². The fourth-order valence-corrected chi connectivity index (χ4v) is 2.43. The molecule has 6 heteroatoms. The van der Waals surface area contributed by atoms with Gasteiger partial charge >= 0.3 is 0 Å². The molecule has 2 rings (SSSR count). The van der Waals surface area contributed by atoms with Crippen LogP contribution < -0.4 is 4.90 Å². The Balaban J connectivity index is 1.66. The highest BCUT2D eigenvalue weighted by molar-refractivity contribution is 5.26. The van der Waals surface area contributed by atoms with Gasteiger partial charge in [-0.2, -0.15) is 0 Å². The summed E-state index contributed by atoms with van der Waals surface area (Å²) in [6.45, 7) is 2.62. The van der Waals surface area contributed by atoms with Gasteiger partial charge < -0.3 is 14.9 Å². The number of aromatic nitrogens is 2. The third kappa shape index (κ3) is 5.86. The quantitative estimate of drug-likeness (QED) is 0.765. The monoisotopic (exact) mass is 332 g/mol. The molecule has 1 aromatic heterocycles. The van der Waals surface area contributed by atoms with Crippen molar-refractivity contribution in [1.82, 2.24) is 14.9 Å². The highest BCUT2D eigenvalue weighted by Crippen LogP contribution is 2.18. The lowest BCUT2D eigenvalue weighted by Crippen LogP contribution is -2.32. The van der Waals surface area contributed by atoms with Crippen molar-refractivity contribution in [3.8, 4) is 0 Å². The van der Waals surface area contributed by atoms with E-state index in [-0.39, 0.29) is 5.82 Å². The zero-order valence-electron chi connectivity index (χ0n) is 14.3. The molecule has 0 aliphatic rings. The van der Waals surface area contributed by atoms with Gasteiger partial charge in [-0.3, -0.25) is 0 Å². The highest BCUT2D eigenvalue weighted by atomic mass is 19.1. The molecule has 0 saturated carbocycles. The van der Waals surface area contributed by atoms with Gasteiger partial charge in [-0.05, 0) is 50.2 Å². The van der Waals surface area contributed by atoms with E-state index in [0.717, 1.165) is 37.6 Å². The number of anilines is 1. The van der Waals surface area contributed by atoms with Crippen LogP contribution in [-0.2, 0) is 0 Å². The number of hydrogen-bond acceptors (Lipinski definition) is 5. The molecule has 130 valence electrons. The largest absolute Gasteiger partial charge is 0.388 e. The topological polar surface area (TPSA) is 52.5 Å². The van der Waals surface area contributed by atoms with Crippen LogP contribution in [0, 0.1) is 5.82 Å². The summed E-state index contributed by atoms with van der Waals surface area (Å²) in [5.41, 5.74) is 0.764. The van der Waals surface area contributed by atoms with E-state index >= 15 is 0 Å². The maximum absolute atomic E-state index is 12.9. The summed E-state index contributed by atoms with van der Waals surface area (Å²) in [7, 11) is 4.03. The Kier molecular flexibility index (Phi) is 7.08. The minimum Gasteiger partial charge on any atom is -0.388 e. The van der Waals surface area contributed by atoms with Crippen LogP contribution in [0.3, 0.4) is 0 Å². The maximum atomic E-state index is 12.9. The van der Waals surface area contributed by atoms with Crippen molar-refractivity contribution in [1.29, 1.82) is 0 Å². The van der Waals surface area contributed by atoms with Crippen LogP contribution in [0.25, 0.3) is 0 Å². The molecule has 1 unspecified atom stereocenters. The second-order valence-electron chi connectivity index (χ2n) is 5.98. The molecule has 0 radical (unpaired) electrons. The zero-order valence-corrected chi connectivity index (χ0v) is 14.3. The maximum Gasteiger partial charge on any atom is 0.225 e. The smallest absolute Gasteiger partial charge is 0.225 e. The molecule has 1 atom stereocenters. The molecule has 24 heavy (non-hydrogen) atoms. The van der Waals surface area contributed by atoms with Crippen molar-refractivity contribution < 1.29 is 9.50 Å². The van der Waals surface area contributed by atoms with Gasteiger partial charge in [0.2, 0.25) is 5.95 Å². The molecular formula is C18H25FN4O. The first-order valence-corrected chi connectivity index (χ1v) is 8.16. The Morgan fingerprint density at radius 1 is 1.04 bits per heavy atom. The lowest BCUT2D eigenvalue weighted by Gasteiger charge is -2.22. The van der Waals surface area contributed by atoms with E-state index in [4.69, 9.17) is 0 Å².